The molecule has 1 atom stereocenters. The third-order valence-corrected chi connectivity index (χ3v) is 3.73. The molecule has 0 saturated carbocycles. The van der Waals surface area contributed by atoms with E-state index < -0.39 is 0 Å². The monoisotopic (exact) mass is 297 g/mol. The number of nitrogens with one attached hydrogen (secondary N) is 1. The van der Waals surface area contributed by atoms with Crippen LogP contribution in [-0.4, -0.2) is 37.3 Å². The van der Waals surface area contributed by atoms with Crippen LogP contribution in [0.4, 0.5) is 5.82 Å². The zero-order valence-electron chi connectivity index (χ0n) is 12.5. The maximum atomic E-state index is 6.35. The van der Waals surface area contributed by atoms with Crippen molar-refractivity contribution < 1.29 is 4.74 Å². The highest BCUT2D eigenvalue weighted by Crippen LogP contribution is 2.24. The molecule has 1 aliphatic heterocycles. The Kier molecular flexibility index (Phi) is 5.64. The molecule has 0 radical (unpaired) electrons. The number of likely N-dealkylation sites (N-methyl/N-ethyl adjacent to an activating group) is 1. The van der Waals surface area contributed by atoms with E-state index in [4.69, 9.17) is 16.3 Å². The first-order valence-corrected chi connectivity index (χ1v) is 7.64. The number of ether oxygens (including phenoxy) is 1. The second-order valence-corrected chi connectivity index (χ2v) is 6.11. The Hall–Kier alpha value is -0.840. The van der Waals surface area contributed by atoms with Gasteiger partial charge in [-0.05, 0) is 24.5 Å². The van der Waals surface area contributed by atoms with Gasteiger partial charge in [0.25, 0.3) is 0 Å². The van der Waals surface area contributed by atoms with Gasteiger partial charge in [-0.2, -0.15) is 0 Å². The van der Waals surface area contributed by atoms with Crippen molar-refractivity contribution in [1.82, 2.24) is 10.3 Å². The van der Waals surface area contributed by atoms with E-state index in [-0.39, 0.29) is 0 Å². The van der Waals surface area contributed by atoms with Crippen LogP contribution in [0, 0.1) is 0 Å². The van der Waals surface area contributed by atoms with Crippen LogP contribution in [0.1, 0.15) is 32.3 Å². The number of hydrogen-bond donors (Lipinski definition) is 1. The molecule has 1 aromatic heterocycles. The summed E-state index contributed by atoms with van der Waals surface area (Å²) in [5, 5.41) is 4.07. The molecule has 1 aromatic rings. The molecular formula is C15H24ClN3O. The molecule has 1 saturated heterocycles. The van der Waals surface area contributed by atoms with Gasteiger partial charge in [0.2, 0.25) is 0 Å². The number of rotatable bonds is 6. The molecule has 5 heteroatoms. The van der Waals surface area contributed by atoms with Gasteiger partial charge in [0, 0.05) is 39.0 Å². The number of nitrogens with zero attached hydrogens (tertiary/aromatic N) is 2. The lowest BCUT2D eigenvalue weighted by atomic mass is 10.2. The van der Waals surface area contributed by atoms with Crippen LogP contribution in [0.2, 0.25) is 5.02 Å². The fourth-order valence-electron chi connectivity index (χ4n) is 2.35. The van der Waals surface area contributed by atoms with Crippen LogP contribution >= 0.6 is 11.6 Å². The van der Waals surface area contributed by atoms with Crippen molar-refractivity contribution in [3.63, 3.8) is 0 Å². The average Bonchev–Trinajstić information content (AvgIpc) is 2.89. The van der Waals surface area contributed by atoms with E-state index in [1.54, 1.807) is 0 Å². The SMILES string of the molecule is CC(C)NCc1cnc(N(C)CC2CCCO2)c(Cl)c1. The lowest BCUT2D eigenvalue weighted by Crippen LogP contribution is -2.29. The van der Waals surface area contributed by atoms with E-state index in [1.165, 1.54) is 0 Å². The summed E-state index contributed by atoms with van der Waals surface area (Å²) in [6.07, 6.45) is 4.47. The Morgan fingerprint density at radius 1 is 1.55 bits per heavy atom. The van der Waals surface area contributed by atoms with Crippen molar-refractivity contribution in [3.8, 4) is 0 Å². The van der Waals surface area contributed by atoms with Gasteiger partial charge in [0.15, 0.2) is 0 Å². The van der Waals surface area contributed by atoms with Crippen molar-refractivity contribution in [2.24, 2.45) is 0 Å². The van der Waals surface area contributed by atoms with Crippen LogP contribution in [0.15, 0.2) is 12.3 Å². The zero-order chi connectivity index (χ0) is 14.5. The number of halogens is 1. The second-order valence-electron chi connectivity index (χ2n) is 5.70. The first kappa shape index (κ1) is 15.5. The smallest absolute Gasteiger partial charge is 0.147 e. The normalized spacial score (nSPS) is 18.8. The Morgan fingerprint density at radius 2 is 2.35 bits per heavy atom. The molecule has 1 aliphatic rings. The van der Waals surface area contributed by atoms with Gasteiger partial charge in [0.1, 0.15) is 5.82 Å². The van der Waals surface area contributed by atoms with Crippen LogP contribution < -0.4 is 10.2 Å². The maximum absolute atomic E-state index is 6.35. The fraction of sp³-hybridized carbons (Fsp3) is 0.667. The summed E-state index contributed by atoms with van der Waals surface area (Å²) in [7, 11) is 2.02. The maximum Gasteiger partial charge on any atom is 0.147 e. The van der Waals surface area contributed by atoms with Crippen LogP contribution in [0.3, 0.4) is 0 Å². The van der Waals surface area contributed by atoms with Crippen LogP contribution in [0.5, 0.6) is 0 Å². The summed E-state index contributed by atoms with van der Waals surface area (Å²) in [6.45, 7) is 6.76. The van der Waals surface area contributed by atoms with Gasteiger partial charge in [-0.3, -0.25) is 0 Å². The molecule has 20 heavy (non-hydrogen) atoms. The molecule has 0 spiro atoms. The summed E-state index contributed by atoms with van der Waals surface area (Å²) in [4.78, 5) is 6.58. The first-order chi connectivity index (χ1) is 9.56. The Bertz CT molecular complexity index is 433. The molecule has 0 aliphatic carbocycles. The standard InChI is InChI=1S/C15H24ClN3O/c1-11(2)17-8-12-7-14(16)15(18-9-12)19(3)10-13-5-4-6-20-13/h7,9,11,13,17H,4-6,8,10H2,1-3H3. The molecule has 1 N–H and O–H groups in total. The van der Waals surface area contributed by atoms with Crippen molar-refractivity contribution in [2.45, 2.75) is 45.4 Å². The summed E-state index contributed by atoms with van der Waals surface area (Å²) in [5.41, 5.74) is 1.11. The number of aromatic nitrogens is 1. The number of hydrogen-bond acceptors (Lipinski definition) is 4. The third-order valence-electron chi connectivity index (χ3n) is 3.46. The number of anilines is 1. The van der Waals surface area contributed by atoms with Crippen LogP contribution in [-0.2, 0) is 11.3 Å². The molecule has 2 rings (SSSR count). The summed E-state index contributed by atoms with van der Waals surface area (Å²) < 4.78 is 5.65. The molecule has 0 aromatic carbocycles. The minimum atomic E-state index is 0.306. The van der Waals surface area contributed by atoms with E-state index in [0.29, 0.717) is 17.2 Å². The first-order valence-electron chi connectivity index (χ1n) is 7.27. The molecule has 4 nitrogen and oxygen atoms in total. The van der Waals surface area contributed by atoms with E-state index in [2.05, 4.69) is 29.0 Å². The molecule has 1 fully saturated rings. The van der Waals surface area contributed by atoms with Gasteiger partial charge < -0.3 is 15.0 Å². The highest BCUT2D eigenvalue weighted by molar-refractivity contribution is 6.33. The zero-order valence-corrected chi connectivity index (χ0v) is 13.3. The van der Waals surface area contributed by atoms with E-state index in [9.17, 15) is 0 Å². The molecule has 112 valence electrons. The Balaban J connectivity index is 1.97. The Labute approximate surface area is 126 Å². The van der Waals surface area contributed by atoms with E-state index >= 15 is 0 Å². The third kappa shape index (κ3) is 4.33. The lowest BCUT2D eigenvalue weighted by Gasteiger charge is -2.23. The van der Waals surface area contributed by atoms with Gasteiger partial charge >= 0.3 is 0 Å². The van der Waals surface area contributed by atoms with Gasteiger partial charge in [-0.15, -0.1) is 0 Å². The average molecular weight is 298 g/mol. The topological polar surface area (TPSA) is 37.4 Å². The fourth-order valence-corrected chi connectivity index (χ4v) is 2.68. The molecule has 2 heterocycles. The van der Waals surface area contributed by atoms with Crippen molar-refractivity contribution >= 4 is 17.4 Å². The molecule has 0 amide bonds. The summed E-state index contributed by atoms with van der Waals surface area (Å²) in [6, 6.07) is 2.45. The minimum Gasteiger partial charge on any atom is -0.376 e. The largest absolute Gasteiger partial charge is 0.376 e. The van der Waals surface area contributed by atoms with Gasteiger partial charge in [0.05, 0.1) is 11.1 Å². The minimum absolute atomic E-state index is 0.306. The molecule has 1 unspecified atom stereocenters. The van der Waals surface area contributed by atoms with E-state index in [1.807, 2.05) is 19.3 Å². The van der Waals surface area contributed by atoms with Crippen molar-refractivity contribution in [2.75, 3.05) is 25.1 Å². The molecular weight excluding hydrogens is 274 g/mol. The van der Waals surface area contributed by atoms with Crippen molar-refractivity contribution in [1.29, 1.82) is 0 Å². The Morgan fingerprint density at radius 3 is 2.95 bits per heavy atom. The van der Waals surface area contributed by atoms with Crippen molar-refractivity contribution in [3.05, 3.63) is 22.8 Å². The number of pyridine rings is 1. The summed E-state index contributed by atoms with van der Waals surface area (Å²) >= 11 is 6.35. The summed E-state index contributed by atoms with van der Waals surface area (Å²) in [5.74, 6) is 0.829. The quantitative estimate of drug-likeness (QED) is 0.876. The highest BCUT2D eigenvalue weighted by atomic mass is 35.5. The van der Waals surface area contributed by atoms with Crippen LogP contribution in [0.25, 0.3) is 0 Å². The predicted molar refractivity (Wildman–Crippen MR) is 83.5 cm³/mol. The highest BCUT2D eigenvalue weighted by Gasteiger charge is 2.19. The van der Waals surface area contributed by atoms with Gasteiger partial charge in [-0.1, -0.05) is 25.4 Å². The predicted octanol–water partition coefficient (Wildman–Crippen LogP) is 2.85. The molecule has 0 bridgehead atoms. The van der Waals surface area contributed by atoms with E-state index in [0.717, 1.165) is 43.9 Å². The second kappa shape index (κ2) is 7.25. The van der Waals surface area contributed by atoms with Gasteiger partial charge in [-0.25, -0.2) is 4.98 Å². The lowest BCUT2D eigenvalue weighted by molar-refractivity contribution is 0.116.